The number of carbonyl (C=O) groups is 2. The SMILES string of the molecule is CSc1ccccc1NC(=O)CN(C)CC(=O)Nc1ccccc1SCC#N. The van der Waals surface area contributed by atoms with Crippen molar-refractivity contribution >= 4 is 46.7 Å². The van der Waals surface area contributed by atoms with Crippen molar-refractivity contribution in [2.24, 2.45) is 0 Å². The molecule has 2 aromatic carbocycles. The van der Waals surface area contributed by atoms with Gasteiger partial charge in [0.25, 0.3) is 0 Å². The molecule has 2 N–H and O–H groups in total. The number of rotatable bonds is 9. The van der Waals surface area contributed by atoms with Crippen LogP contribution < -0.4 is 10.6 Å². The van der Waals surface area contributed by atoms with E-state index in [1.165, 1.54) is 11.8 Å². The van der Waals surface area contributed by atoms with E-state index in [1.807, 2.05) is 48.7 Å². The monoisotopic (exact) mass is 414 g/mol. The van der Waals surface area contributed by atoms with E-state index >= 15 is 0 Å². The molecule has 0 aliphatic heterocycles. The van der Waals surface area contributed by atoms with E-state index < -0.39 is 0 Å². The lowest BCUT2D eigenvalue weighted by Gasteiger charge is -2.17. The number of anilines is 2. The molecule has 0 atom stereocenters. The average molecular weight is 415 g/mol. The molecule has 0 saturated heterocycles. The molecular formula is C20H22N4O2S2. The number of nitrogens with zero attached hydrogens (tertiary/aromatic N) is 2. The lowest BCUT2D eigenvalue weighted by Crippen LogP contribution is -2.36. The second-order valence-electron chi connectivity index (χ2n) is 5.91. The smallest absolute Gasteiger partial charge is 0.238 e. The van der Waals surface area contributed by atoms with Crippen molar-refractivity contribution in [3.8, 4) is 6.07 Å². The molecule has 146 valence electrons. The highest BCUT2D eigenvalue weighted by Gasteiger charge is 2.13. The molecule has 2 rings (SSSR count). The van der Waals surface area contributed by atoms with Gasteiger partial charge in [0.15, 0.2) is 0 Å². The third-order valence-electron chi connectivity index (χ3n) is 3.66. The minimum atomic E-state index is -0.218. The van der Waals surface area contributed by atoms with E-state index in [9.17, 15) is 9.59 Å². The number of nitriles is 1. The molecule has 0 saturated carbocycles. The Labute approximate surface area is 173 Å². The average Bonchev–Trinajstić information content (AvgIpc) is 2.67. The maximum Gasteiger partial charge on any atom is 0.238 e. The molecule has 0 fully saturated rings. The van der Waals surface area contributed by atoms with Gasteiger partial charge in [0.2, 0.25) is 11.8 Å². The van der Waals surface area contributed by atoms with Crippen LogP contribution in [0.4, 0.5) is 11.4 Å². The van der Waals surface area contributed by atoms with Gasteiger partial charge in [0, 0.05) is 9.79 Å². The molecule has 2 amide bonds. The Morgan fingerprint density at radius 1 is 0.964 bits per heavy atom. The van der Waals surface area contributed by atoms with E-state index in [4.69, 9.17) is 5.26 Å². The standard InChI is InChI=1S/C20H22N4O2S2/c1-24(13-19(25)22-15-7-3-5-9-17(15)27-2)14-20(26)23-16-8-4-6-10-18(16)28-12-11-21/h3-10H,12-14H2,1-2H3,(H,22,25)(H,23,26). The zero-order valence-electron chi connectivity index (χ0n) is 15.8. The van der Waals surface area contributed by atoms with Crippen molar-refractivity contribution in [2.45, 2.75) is 9.79 Å². The highest BCUT2D eigenvalue weighted by Crippen LogP contribution is 2.26. The van der Waals surface area contributed by atoms with Crippen LogP contribution >= 0.6 is 23.5 Å². The summed E-state index contributed by atoms with van der Waals surface area (Å²) in [5.74, 6) is -0.0867. The summed E-state index contributed by atoms with van der Waals surface area (Å²) in [5.41, 5.74) is 1.43. The quantitative estimate of drug-likeness (QED) is 0.611. The van der Waals surface area contributed by atoms with E-state index in [2.05, 4.69) is 16.7 Å². The zero-order chi connectivity index (χ0) is 20.4. The lowest BCUT2D eigenvalue weighted by atomic mass is 10.3. The number of nitrogens with one attached hydrogen (secondary N) is 2. The largest absolute Gasteiger partial charge is 0.324 e. The highest BCUT2D eigenvalue weighted by molar-refractivity contribution is 7.99. The van der Waals surface area contributed by atoms with Crippen molar-refractivity contribution in [3.63, 3.8) is 0 Å². The van der Waals surface area contributed by atoms with Gasteiger partial charge in [-0.15, -0.1) is 23.5 Å². The summed E-state index contributed by atoms with van der Waals surface area (Å²) < 4.78 is 0. The van der Waals surface area contributed by atoms with Crippen molar-refractivity contribution in [2.75, 3.05) is 42.8 Å². The van der Waals surface area contributed by atoms with E-state index in [1.54, 1.807) is 29.8 Å². The predicted octanol–water partition coefficient (Wildman–Crippen LogP) is 3.53. The summed E-state index contributed by atoms with van der Waals surface area (Å²) in [6.45, 7) is 0.176. The fraction of sp³-hybridized carbons (Fsp3) is 0.250. The molecule has 8 heteroatoms. The number of thioether (sulfide) groups is 2. The second kappa shape index (κ2) is 11.4. The molecule has 28 heavy (non-hydrogen) atoms. The minimum Gasteiger partial charge on any atom is -0.324 e. The molecule has 0 radical (unpaired) electrons. The molecule has 2 aromatic rings. The normalized spacial score (nSPS) is 10.4. The molecule has 0 unspecified atom stereocenters. The summed E-state index contributed by atoms with van der Waals surface area (Å²) in [4.78, 5) is 28.1. The summed E-state index contributed by atoms with van der Waals surface area (Å²) in [6.07, 6.45) is 1.95. The summed E-state index contributed by atoms with van der Waals surface area (Å²) >= 11 is 2.93. The Morgan fingerprint density at radius 2 is 1.46 bits per heavy atom. The van der Waals surface area contributed by atoms with Gasteiger partial charge in [-0.25, -0.2) is 0 Å². The molecule has 0 aromatic heterocycles. The van der Waals surface area contributed by atoms with Gasteiger partial charge in [-0.3, -0.25) is 14.5 Å². The second-order valence-corrected chi connectivity index (χ2v) is 7.78. The minimum absolute atomic E-state index is 0.0782. The molecule has 0 spiro atoms. The summed E-state index contributed by atoms with van der Waals surface area (Å²) in [5, 5.41) is 14.5. The van der Waals surface area contributed by atoms with Crippen LogP contribution in [0.25, 0.3) is 0 Å². The fourth-order valence-electron chi connectivity index (χ4n) is 2.48. The number of hydrogen-bond acceptors (Lipinski definition) is 6. The molecule has 0 bridgehead atoms. The third kappa shape index (κ3) is 6.93. The van der Waals surface area contributed by atoms with Crippen LogP contribution in [0, 0.1) is 11.3 Å². The molecule has 0 aliphatic rings. The van der Waals surface area contributed by atoms with Crippen LogP contribution in [0.15, 0.2) is 58.3 Å². The highest BCUT2D eigenvalue weighted by atomic mass is 32.2. The first-order valence-corrected chi connectivity index (χ1v) is 10.7. The predicted molar refractivity (Wildman–Crippen MR) is 116 cm³/mol. The van der Waals surface area contributed by atoms with Crippen LogP contribution in [0.5, 0.6) is 0 Å². The molecule has 6 nitrogen and oxygen atoms in total. The van der Waals surface area contributed by atoms with Crippen molar-refractivity contribution in [1.29, 1.82) is 5.26 Å². The van der Waals surface area contributed by atoms with Crippen molar-refractivity contribution in [3.05, 3.63) is 48.5 Å². The number of para-hydroxylation sites is 2. The Bertz CT molecular complexity index is 867. The van der Waals surface area contributed by atoms with Gasteiger partial charge in [-0.05, 0) is 37.6 Å². The van der Waals surface area contributed by atoms with Crippen LogP contribution in [0.3, 0.4) is 0 Å². The van der Waals surface area contributed by atoms with Crippen molar-refractivity contribution in [1.82, 2.24) is 4.90 Å². The van der Waals surface area contributed by atoms with Gasteiger partial charge in [0.05, 0.1) is 36.3 Å². The van der Waals surface area contributed by atoms with Crippen LogP contribution in [-0.4, -0.2) is 48.9 Å². The Hall–Kier alpha value is -2.47. The van der Waals surface area contributed by atoms with Gasteiger partial charge >= 0.3 is 0 Å². The Balaban J connectivity index is 1.87. The Kier molecular flexibility index (Phi) is 8.88. The van der Waals surface area contributed by atoms with E-state index in [0.29, 0.717) is 11.4 Å². The number of carbonyl (C=O) groups excluding carboxylic acids is 2. The van der Waals surface area contributed by atoms with Crippen LogP contribution in [0.1, 0.15) is 0 Å². The third-order valence-corrected chi connectivity index (χ3v) is 5.40. The van der Waals surface area contributed by atoms with Crippen molar-refractivity contribution < 1.29 is 9.59 Å². The fourth-order valence-corrected chi connectivity index (χ4v) is 3.70. The van der Waals surface area contributed by atoms with Crippen LogP contribution in [-0.2, 0) is 9.59 Å². The van der Waals surface area contributed by atoms with Gasteiger partial charge in [-0.1, -0.05) is 24.3 Å². The van der Waals surface area contributed by atoms with E-state index in [0.717, 1.165) is 15.5 Å². The molecule has 0 aliphatic carbocycles. The molecular weight excluding hydrogens is 392 g/mol. The summed E-state index contributed by atoms with van der Waals surface area (Å²) in [6, 6.07) is 17.0. The van der Waals surface area contributed by atoms with Gasteiger partial charge < -0.3 is 10.6 Å². The number of amides is 2. The topological polar surface area (TPSA) is 85.2 Å². The van der Waals surface area contributed by atoms with Gasteiger partial charge in [-0.2, -0.15) is 5.26 Å². The Morgan fingerprint density at radius 3 is 2.00 bits per heavy atom. The number of hydrogen-bond donors (Lipinski definition) is 2. The summed E-state index contributed by atoms with van der Waals surface area (Å²) in [7, 11) is 1.72. The first kappa shape index (κ1) is 21.8. The lowest BCUT2D eigenvalue weighted by molar-refractivity contribution is -0.119. The molecule has 0 heterocycles. The first-order valence-electron chi connectivity index (χ1n) is 8.53. The number of likely N-dealkylation sites (N-methyl/N-ethyl adjacent to an activating group) is 1. The van der Waals surface area contributed by atoms with E-state index in [-0.39, 0.29) is 24.9 Å². The maximum atomic E-state index is 12.3. The van der Waals surface area contributed by atoms with Gasteiger partial charge in [0.1, 0.15) is 0 Å². The maximum absolute atomic E-state index is 12.3. The number of benzene rings is 2. The van der Waals surface area contributed by atoms with Crippen LogP contribution in [0.2, 0.25) is 0 Å². The zero-order valence-corrected chi connectivity index (χ0v) is 17.4. The first-order chi connectivity index (χ1) is 13.5.